The molecule has 25 heavy (non-hydrogen) atoms. The van der Waals surface area contributed by atoms with Crippen LogP contribution >= 0.6 is 12.4 Å². The second-order valence-corrected chi connectivity index (χ2v) is 6.56. The molecule has 1 aliphatic heterocycles. The smallest absolute Gasteiger partial charge is 0.220 e. The molecule has 3 nitrogen and oxygen atoms in total. The van der Waals surface area contributed by atoms with Gasteiger partial charge in [-0.2, -0.15) is 0 Å². The van der Waals surface area contributed by atoms with Gasteiger partial charge in [0, 0.05) is 13.0 Å². The molecule has 1 saturated heterocycles. The molecule has 2 aromatic rings. The van der Waals surface area contributed by atoms with Crippen LogP contribution in [0.3, 0.4) is 0 Å². The number of rotatable bonds is 7. The van der Waals surface area contributed by atoms with E-state index in [4.69, 9.17) is 0 Å². The van der Waals surface area contributed by atoms with E-state index in [0.717, 1.165) is 25.9 Å². The number of benzene rings is 2. The van der Waals surface area contributed by atoms with E-state index in [9.17, 15) is 4.79 Å². The van der Waals surface area contributed by atoms with Gasteiger partial charge in [-0.05, 0) is 55.0 Å². The molecule has 1 heterocycles. The molecule has 0 bridgehead atoms. The zero-order valence-electron chi connectivity index (χ0n) is 14.5. The quantitative estimate of drug-likeness (QED) is 0.789. The summed E-state index contributed by atoms with van der Waals surface area (Å²) in [5.41, 5.74) is 3.72. The number of hydrogen-bond acceptors (Lipinski definition) is 2. The Morgan fingerprint density at radius 2 is 1.88 bits per heavy atom. The van der Waals surface area contributed by atoms with Crippen molar-refractivity contribution in [2.24, 2.45) is 5.92 Å². The molecule has 1 amide bonds. The molecule has 0 radical (unpaired) electrons. The Morgan fingerprint density at radius 3 is 2.64 bits per heavy atom. The van der Waals surface area contributed by atoms with E-state index >= 15 is 0 Å². The lowest BCUT2D eigenvalue weighted by Gasteiger charge is -2.09. The number of halogens is 1. The lowest BCUT2D eigenvalue weighted by atomic mass is 10.0. The molecular weight excluding hydrogens is 332 g/mol. The monoisotopic (exact) mass is 358 g/mol. The Balaban J connectivity index is 0.00000225. The van der Waals surface area contributed by atoms with Gasteiger partial charge in [-0.25, -0.2) is 0 Å². The molecule has 0 saturated carbocycles. The Labute approximate surface area is 156 Å². The molecule has 4 heteroatoms. The van der Waals surface area contributed by atoms with E-state index in [1.165, 1.54) is 23.1 Å². The van der Waals surface area contributed by atoms with Gasteiger partial charge in [-0.3, -0.25) is 4.79 Å². The lowest BCUT2D eigenvalue weighted by Crippen LogP contribution is -2.26. The molecule has 0 aromatic heterocycles. The van der Waals surface area contributed by atoms with Crippen molar-refractivity contribution in [2.75, 3.05) is 19.6 Å². The minimum atomic E-state index is 0. The van der Waals surface area contributed by atoms with E-state index in [1.54, 1.807) is 0 Å². The summed E-state index contributed by atoms with van der Waals surface area (Å²) in [5.74, 6) is 0.861. The van der Waals surface area contributed by atoms with Crippen LogP contribution in [0, 0.1) is 5.92 Å². The molecule has 2 N–H and O–H groups in total. The van der Waals surface area contributed by atoms with Gasteiger partial charge in [0.15, 0.2) is 0 Å². The van der Waals surface area contributed by atoms with Crippen molar-refractivity contribution in [3.05, 3.63) is 60.2 Å². The highest BCUT2D eigenvalue weighted by Gasteiger charge is 2.15. The first-order valence-corrected chi connectivity index (χ1v) is 8.93. The average molecular weight is 359 g/mol. The Morgan fingerprint density at radius 1 is 1.08 bits per heavy atom. The minimum absolute atomic E-state index is 0. The van der Waals surface area contributed by atoms with Crippen LogP contribution in [0.25, 0.3) is 11.1 Å². The van der Waals surface area contributed by atoms with E-state index < -0.39 is 0 Å². The zero-order chi connectivity index (χ0) is 16.6. The number of amides is 1. The van der Waals surface area contributed by atoms with Crippen LogP contribution in [0.5, 0.6) is 0 Å². The Bertz CT molecular complexity index is 654. The van der Waals surface area contributed by atoms with Crippen LogP contribution < -0.4 is 10.6 Å². The SMILES string of the molecule is Cl.O=C(CCC1CCNC1)NCCc1cccc(-c2ccccc2)c1. The molecule has 0 aliphatic carbocycles. The third kappa shape index (κ3) is 6.18. The van der Waals surface area contributed by atoms with Crippen LogP contribution in [0.2, 0.25) is 0 Å². The largest absolute Gasteiger partial charge is 0.356 e. The lowest BCUT2D eigenvalue weighted by molar-refractivity contribution is -0.121. The number of nitrogens with one attached hydrogen (secondary N) is 2. The van der Waals surface area contributed by atoms with Crippen molar-refractivity contribution in [3.63, 3.8) is 0 Å². The third-order valence-corrected chi connectivity index (χ3v) is 4.71. The molecule has 0 spiro atoms. The summed E-state index contributed by atoms with van der Waals surface area (Å²) < 4.78 is 0. The first-order chi connectivity index (χ1) is 11.8. The maximum absolute atomic E-state index is 11.9. The van der Waals surface area contributed by atoms with E-state index in [-0.39, 0.29) is 18.3 Å². The fraction of sp³-hybridized carbons (Fsp3) is 0.381. The zero-order valence-corrected chi connectivity index (χ0v) is 15.4. The summed E-state index contributed by atoms with van der Waals surface area (Å²) in [6.45, 7) is 2.88. The molecule has 2 aromatic carbocycles. The van der Waals surface area contributed by atoms with E-state index in [0.29, 0.717) is 18.9 Å². The van der Waals surface area contributed by atoms with Crippen molar-refractivity contribution < 1.29 is 4.79 Å². The Hall–Kier alpha value is -1.84. The second kappa shape index (κ2) is 10.2. The van der Waals surface area contributed by atoms with Crippen LogP contribution in [0.15, 0.2) is 54.6 Å². The molecule has 3 rings (SSSR count). The fourth-order valence-electron chi connectivity index (χ4n) is 3.27. The highest BCUT2D eigenvalue weighted by atomic mass is 35.5. The Kier molecular flexibility index (Phi) is 7.96. The van der Waals surface area contributed by atoms with Crippen molar-refractivity contribution in [1.82, 2.24) is 10.6 Å². The van der Waals surface area contributed by atoms with Gasteiger partial charge >= 0.3 is 0 Å². The highest BCUT2D eigenvalue weighted by molar-refractivity contribution is 5.85. The van der Waals surface area contributed by atoms with Crippen LogP contribution in [-0.2, 0) is 11.2 Å². The average Bonchev–Trinajstić information content (AvgIpc) is 3.15. The van der Waals surface area contributed by atoms with Gasteiger partial charge in [0.25, 0.3) is 0 Å². The summed E-state index contributed by atoms with van der Waals surface area (Å²) in [7, 11) is 0. The fourth-order valence-corrected chi connectivity index (χ4v) is 3.27. The van der Waals surface area contributed by atoms with E-state index in [1.807, 2.05) is 6.07 Å². The molecule has 1 fully saturated rings. The molecule has 1 atom stereocenters. The highest BCUT2D eigenvalue weighted by Crippen LogP contribution is 2.20. The maximum Gasteiger partial charge on any atom is 0.220 e. The van der Waals surface area contributed by atoms with Crippen molar-refractivity contribution in [3.8, 4) is 11.1 Å². The predicted molar refractivity (Wildman–Crippen MR) is 106 cm³/mol. The minimum Gasteiger partial charge on any atom is -0.356 e. The maximum atomic E-state index is 11.9. The molecule has 1 unspecified atom stereocenters. The van der Waals surface area contributed by atoms with Gasteiger partial charge in [0.05, 0.1) is 0 Å². The van der Waals surface area contributed by atoms with Crippen LogP contribution in [-0.4, -0.2) is 25.5 Å². The van der Waals surface area contributed by atoms with E-state index in [2.05, 4.69) is 59.2 Å². The van der Waals surface area contributed by atoms with Gasteiger partial charge < -0.3 is 10.6 Å². The number of carbonyl (C=O) groups excluding carboxylic acids is 1. The van der Waals surface area contributed by atoms with Crippen molar-refractivity contribution >= 4 is 18.3 Å². The summed E-state index contributed by atoms with van der Waals surface area (Å²) in [6, 6.07) is 19.0. The van der Waals surface area contributed by atoms with Gasteiger partial charge in [0.2, 0.25) is 5.91 Å². The normalized spacial score (nSPS) is 16.2. The topological polar surface area (TPSA) is 41.1 Å². The standard InChI is InChI=1S/C21H26N2O.ClH/c24-21(10-9-18-11-13-22-16-18)23-14-12-17-5-4-8-20(15-17)19-6-2-1-3-7-19;/h1-8,15,18,22H,9-14,16H2,(H,23,24);1H. The summed E-state index contributed by atoms with van der Waals surface area (Å²) in [5, 5.41) is 6.40. The second-order valence-electron chi connectivity index (χ2n) is 6.56. The number of carbonyl (C=O) groups is 1. The first kappa shape index (κ1) is 19.5. The number of hydrogen-bond donors (Lipinski definition) is 2. The summed E-state index contributed by atoms with van der Waals surface area (Å²) >= 11 is 0. The summed E-state index contributed by atoms with van der Waals surface area (Å²) in [4.78, 5) is 11.9. The van der Waals surface area contributed by atoms with Crippen LogP contribution in [0.1, 0.15) is 24.8 Å². The van der Waals surface area contributed by atoms with Crippen molar-refractivity contribution in [2.45, 2.75) is 25.7 Å². The van der Waals surface area contributed by atoms with Gasteiger partial charge in [0.1, 0.15) is 0 Å². The van der Waals surface area contributed by atoms with Gasteiger partial charge in [-0.1, -0.05) is 54.6 Å². The summed E-state index contributed by atoms with van der Waals surface area (Å²) in [6.07, 6.45) is 3.73. The molecule has 1 aliphatic rings. The molecular formula is C21H27ClN2O. The van der Waals surface area contributed by atoms with Crippen molar-refractivity contribution in [1.29, 1.82) is 0 Å². The van der Waals surface area contributed by atoms with Gasteiger partial charge in [-0.15, -0.1) is 12.4 Å². The first-order valence-electron chi connectivity index (χ1n) is 8.93. The van der Waals surface area contributed by atoms with Crippen LogP contribution in [0.4, 0.5) is 0 Å². The predicted octanol–water partition coefficient (Wildman–Crippen LogP) is 3.82. The molecule has 134 valence electrons. The third-order valence-electron chi connectivity index (χ3n) is 4.71.